The fourth-order valence-electron chi connectivity index (χ4n) is 3.26. The number of aryl methyl sites for hydroxylation is 1. The van der Waals surface area contributed by atoms with Crippen LogP contribution < -0.4 is 16.2 Å². The van der Waals surface area contributed by atoms with Gasteiger partial charge in [-0.25, -0.2) is 4.79 Å². The first-order valence-electron chi connectivity index (χ1n) is 8.20. The van der Waals surface area contributed by atoms with Crippen LogP contribution in [0.25, 0.3) is 0 Å². The van der Waals surface area contributed by atoms with Crippen molar-refractivity contribution in [3.8, 4) is 0 Å². The first-order chi connectivity index (χ1) is 10.8. The fraction of sp³-hybridized carbons (Fsp3) is 0.786. The second kappa shape index (κ2) is 7.06. The highest BCUT2D eigenvalue weighted by atomic mass is 16.2. The number of nitrogens with one attached hydrogen (secondary N) is 3. The number of piperidine rings is 1. The maximum absolute atomic E-state index is 12.4. The Morgan fingerprint density at radius 3 is 3.18 bits per heavy atom. The molecule has 0 aliphatic carbocycles. The Kier molecular flexibility index (Phi) is 4.89. The monoisotopic (exact) mass is 307 g/mol. The van der Waals surface area contributed by atoms with E-state index < -0.39 is 0 Å². The molecule has 0 radical (unpaired) electrons. The minimum Gasteiger partial charge on any atom is -0.324 e. The van der Waals surface area contributed by atoms with Crippen molar-refractivity contribution in [3.63, 3.8) is 0 Å². The summed E-state index contributed by atoms with van der Waals surface area (Å²) in [7, 11) is 0. The summed E-state index contributed by atoms with van der Waals surface area (Å²) in [5.41, 5.74) is 6.50. The van der Waals surface area contributed by atoms with E-state index >= 15 is 0 Å². The van der Waals surface area contributed by atoms with Gasteiger partial charge in [0.05, 0.1) is 6.20 Å². The topological polar surface area (TPSA) is 87.1 Å². The van der Waals surface area contributed by atoms with Gasteiger partial charge in [-0.2, -0.15) is 0 Å². The van der Waals surface area contributed by atoms with Crippen LogP contribution >= 0.6 is 0 Å². The Balaban J connectivity index is 1.54. The van der Waals surface area contributed by atoms with Crippen molar-refractivity contribution in [3.05, 3.63) is 6.20 Å². The molecular weight excluding hydrogens is 282 g/mol. The number of amides is 2. The van der Waals surface area contributed by atoms with Crippen molar-refractivity contribution in [2.45, 2.75) is 45.2 Å². The largest absolute Gasteiger partial charge is 0.324 e. The van der Waals surface area contributed by atoms with Gasteiger partial charge in [-0.05, 0) is 31.6 Å². The van der Waals surface area contributed by atoms with Gasteiger partial charge in [-0.3, -0.25) is 20.9 Å². The van der Waals surface area contributed by atoms with Crippen molar-refractivity contribution >= 4 is 11.8 Å². The van der Waals surface area contributed by atoms with Crippen LogP contribution in [0.15, 0.2) is 6.20 Å². The van der Waals surface area contributed by atoms with E-state index in [-0.39, 0.29) is 6.03 Å². The van der Waals surface area contributed by atoms with E-state index in [2.05, 4.69) is 33.4 Å². The molecular formula is C14H25N7O. The lowest BCUT2D eigenvalue weighted by atomic mass is 9.90. The lowest BCUT2D eigenvalue weighted by Gasteiger charge is -2.35. The highest BCUT2D eigenvalue weighted by Gasteiger charge is 2.31. The third-order valence-electron chi connectivity index (χ3n) is 4.41. The number of hydrazine groups is 1. The molecule has 1 aromatic heterocycles. The number of carbonyl (C=O) groups is 1. The molecule has 2 amide bonds. The van der Waals surface area contributed by atoms with E-state index in [0.717, 1.165) is 45.4 Å². The summed E-state index contributed by atoms with van der Waals surface area (Å²) < 4.78 is 1.75. The number of anilines is 1. The van der Waals surface area contributed by atoms with E-state index in [0.29, 0.717) is 17.8 Å². The summed E-state index contributed by atoms with van der Waals surface area (Å²) in [6, 6.07) is 0.403. The zero-order chi connectivity index (χ0) is 15.4. The van der Waals surface area contributed by atoms with Crippen LogP contribution in [-0.4, -0.2) is 51.6 Å². The van der Waals surface area contributed by atoms with Crippen LogP contribution in [0.3, 0.4) is 0 Å². The molecule has 0 saturated carbocycles. The Morgan fingerprint density at radius 2 is 2.41 bits per heavy atom. The third kappa shape index (κ3) is 3.56. The summed E-state index contributed by atoms with van der Waals surface area (Å²) >= 11 is 0. The molecule has 3 N–H and O–H groups in total. The Morgan fingerprint density at radius 1 is 1.50 bits per heavy atom. The number of carbonyl (C=O) groups excluding carboxylic acids is 1. The standard InChI is InChI=1S/C14H25N7O/c1-2-7-21-10-13(18-19-21)16-14(22)20-8-3-4-11(9-20)12-5-6-15-17-12/h10-12,15,17H,2-9H2,1H3,(H,16,22). The second-order valence-electron chi connectivity index (χ2n) is 6.11. The van der Waals surface area contributed by atoms with Crippen molar-refractivity contribution in [2.24, 2.45) is 5.92 Å². The Bertz CT molecular complexity index is 497. The maximum atomic E-state index is 12.4. The van der Waals surface area contributed by atoms with E-state index in [4.69, 9.17) is 0 Å². The predicted octanol–water partition coefficient (Wildman–Crippen LogP) is 0.799. The molecule has 8 nitrogen and oxygen atoms in total. The minimum atomic E-state index is -0.0702. The van der Waals surface area contributed by atoms with E-state index in [1.165, 1.54) is 6.42 Å². The van der Waals surface area contributed by atoms with Gasteiger partial charge in [0, 0.05) is 32.2 Å². The van der Waals surface area contributed by atoms with Gasteiger partial charge in [-0.1, -0.05) is 12.1 Å². The summed E-state index contributed by atoms with van der Waals surface area (Å²) in [4.78, 5) is 14.3. The zero-order valence-corrected chi connectivity index (χ0v) is 13.1. The van der Waals surface area contributed by atoms with Gasteiger partial charge in [0.1, 0.15) is 0 Å². The van der Waals surface area contributed by atoms with Gasteiger partial charge in [0.25, 0.3) is 0 Å². The molecule has 0 aromatic carbocycles. The first-order valence-corrected chi connectivity index (χ1v) is 8.20. The number of rotatable bonds is 4. The molecule has 2 aliphatic heterocycles. The second-order valence-corrected chi connectivity index (χ2v) is 6.11. The zero-order valence-electron chi connectivity index (χ0n) is 13.1. The predicted molar refractivity (Wildman–Crippen MR) is 83.2 cm³/mol. The molecule has 2 aliphatic rings. The first kappa shape index (κ1) is 15.2. The molecule has 2 unspecified atom stereocenters. The molecule has 3 heterocycles. The molecule has 1 aromatic rings. The summed E-state index contributed by atoms with van der Waals surface area (Å²) in [5.74, 6) is 1.05. The number of hydrogen-bond acceptors (Lipinski definition) is 5. The lowest BCUT2D eigenvalue weighted by molar-refractivity contribution is 0.162. The molecule has 0 spiro atoms. The van der Waals surface area contributed by atoms with Crippen LogP contribution in [0.1, 0.15) is 32.6 Å². The Hall–Kier alpha value is -1.67. The smallest absolute Gasteiger partial charge is 0.323 e. The van der Waals surface area contributed by atoms with Crippen LogP contribution in [0.2, 0.25) is 0 Å². The highest BCUT2D eigenvalue weighted by molar-refractivity contribution is 5.88. The molecule has 2 atom stereocenters. The molecule has 22 heavy (non-hydrogen) atoms. The average molecular weight is 307 g/mol. The molecule has 8 heteroatoms. The van der Waals surface area contributed by atoms with Gasteiger partial charge in [0.15, 0.2) is 5.82 Å². The number of hydrogen-bond donors (Lipinski definition) is 3. The number of nitrogens with zero attached hydrogens (tertiary/aromatic N) is 4. The van der Waals surface area contributed by atoms with Crippen molar-refractivity contribution in [1.82, 2.24) is 30.7 Å². The van der Waals surface area contributed by atoms with E-state index in [9.17, 15) is 4.79 Å². The summed E-state index contributed by atoms with van der Waals surface area (Å²) in [6.45, 7) is 5.52. The highest BCUT2D eigenvalue weighted by Crippen LogP contribution is 2.23. The van der Waals surface area contributed by atoms with Gasteiger partial charge in [0.2, 0.25) is 0 Å². The van der Waals surface area contributed by atoms with Crippen LogP contribution in [-0.2, 0) is 6.54 Å². The summed E-state index contributed by atoms with van der Waals surface area (Å²) in [5, 5.41) is 10.9. The SMILES string of the molecule is CCCn1cc(NC(=O)N2CCCC(C3CCNN3)C2)nn1. The van der Waals surface area contributed by atoms with E-state index in [1.54, 1.807) is 10.9 Å². The minimum absolute atomic E-state index is 0.0702. The number of aromatic nitrogens is 3. The maximum Gasteiger partial charge on any atom is 0.323 e. The summed E-state index contributed by atoms with van der Waals surface area (Å²) in [6.07, 6.45) is 6.14. The van der Waals surface area contributed by atoms with Crippen molar-refractivity contribution in [1.29, 1.82) is 0 Å². The normalized spacial score (nSPS) is 25.4. The third-order valence-corrected chi connectivity index (χ3v) is 4.41. The van der Waals surface area contributed by atoms with Gasteiger partial charge >= 0.3 is 6.03 Å². The van der Waals surface area contributed by atoms with Crippen LogP contribution in [0.5, 0.6) is 0 Å². The van der Waals surface area contributed by atoms with Crippen LogP contribution in [0, 0.1) is 5.92 Å². The molecule has 2 fully saturated rings. The number of likely N-dealkylation sites (tertiary alicyclic amines) is 1. The number of urea groups is 1. The molecule has 122 valence electrons. The lowest BCUT2D eigenvalue weighted by Crippen LogP contribution is -2.48. The van der Waals surface area contributed by atoms with E-state index in [1.807, 2.05) is 4.90 Å². The molecule has 3 rings (SSSR count). The molecule has 2 saturated heterocycles. The van der Waals surface area contributed by atoms with Crippen molar-refractivity contribution in [2.75, 3.05) is 25.0 Å². The van der Waals surface area contributed by atoms with Crippen LogP contribution in [0.4, 0.5) is 10.6 Å². The fourth-order valence-corrected chi connectivity index (χ4v) is 3.26. The molecule has 0 bridgehead atoms. The van der Waals surface area contributed by atoms with Gasteiger partial charge < -0.3 is 4.90 Å². The Labute approximate surface area is 130 Å². The van der Waals surface area contributed by atoms with Gasteiger partial charge in [-0.15, -0.1) is 5.10 Å². The average Bonchev–Trinajstić information content (AvgIpc) is 3.20. The quantitative estimate of drug-likeness (QED) is 0.766. The van der Waals surface area contributed by atoms with Crippen molar-refractivity contribution < 1.29 is 4.79 Å².